The van der Waals surface area contributed by atoms with Gasteiger partial charge in [-0.05, 0) is 30.5 Å². The van der Waals surface area contributed by atoms with Crippen molar-refractivity contribution in [3.8, 4) is 0 Å². The van der Waals surface area contributed by atoms with Crippen LogP contribution in [0.1, 0.15) is 30.9 Å². The number of rotatable bonds is 2. The first kappa shape index (κ1) is 13.4. The molecule has 1 saturated heterocycles. The van der Waals surface area contributed by atoms with Gasteiger partial charge in [0.15, 0.2) is 9.84 Å². The zero-order valence-corrected chi connectivity index (χ0v) is 10.6. The van der Waals surface area contributed by atoms with Gasteiger partial charge in [0.2, 0.25) is 0 Å². The molecule has 0 radical (unpaired) electrons. The van der Waals surface area contributed by atoms with Crippen molar-refractivity contribution in [3.63, 3.8) is 0 Å². The lowest BCUT2D eigenvalue weighted by Crippen LogP contribution is -2.37. The van der Waals surface area contributed by atoms with Gasteiger partial charge in [-0.2, -0.15) is 0 Å². The Labute approximate surface area is 105 Å². The largest absolute Gasteiger partial charge is 0.323 e. The van der Waals surface area contributed by atoms with E-state index in [1.54, 1.807) is 0 Å². The SMILES string of the molecule is NC(c1cc(F)cc(F)c1)C1CCCCS1(=O)=O. The van der Waals surface area contributed by atoms with Gasteiger partial charge in [-0.25, -0.2) is 17.2 Å². The van der Waals surface area contributed by atoms with E-state index in [0.29, 0.717) is 12.8 Å². The van der Waals surface area contributed by atoms with Gasteiger partial charge in [0.25, 0.3) is 0 Å². The maximum Gasteiger partial charge on any atom is 0.155 e. The van der Waals surface area contributed by atoms with Crippen LogP contribution in [0.3, 0.4) is 0 Å². The average Bonchev–Trinajstić information content (AvgIpc) is 2.26. The van der Waals surface area contributed by atoms with E-state index in [9.17, 15) is 17.2 Å². The Balaban J connectivity index is 2.32. The van der Waals surface area contributed by atoms with Crippen molar-refractivity contribution >= 4 is 9.84 Å². The standard InChI is InChI=1S/C12H15F2NO2S/c13-9-5-8(6-10(14)7-9)12(15)11-3-1-2-4-18(11,16)17/h5-7,11-12H,1-4,15H2. The van der Waals surface area contributed by atoms with E-state index >= 15 is 0 Å². The molecule has 0 saturated carbocycles. The number of sulfone groups is 1. The molecule has 0 spiro atoms. The quantitative estimate of drug-likeness (QED) is 0.897. The summed E-state index contributed by atoms with van der Waals surface area (Å²) in [7, 11) is -3.27. The zero-order valence-electron chi connectivity index (χ0n) is 9.77. The molecule has 18 heavy (non-hydrogen) atoms. The van der Waals surface area contributed by atoms with Crippen LogP contribution in [0.25, 0.3) is 0 Å². The van der Waals surface area contributed by atoms with Crippen LogP contribution >= 0.6 is 0 Å². The Bertz CT molecular complexity index is 525. The molecule has 100 valence electrons. The van der Waals surface area contributed by atoms with E-state index in [-0.39, 0.29) is 11.3 Å². The molecule has 2 N–H and O–H groups in total. The Morgan fingerprint density at radius 1 is 1.17 bits per heavy atom. The minimum Gasteiger partial charge on any atom is -0.323 e. The molecule has 3 nitrogen and oxygen atoms in total. The molecule has 1 aromatic carbocycles. The Morgan fingerprint density at radius 3 is 2.33 bits per heavy atom. The summed E-state index contributed by atoms with van der Waals surface area (Å²) >= 11 is 0. The third-order valence-corrected chi connectivity index (χ3v) is 5.61. The van der Waals surface area contributed by atoms with Crippen LogP contribution in [0, 0.1) is 11.6 Å². The van der Waals surface area contributed by atoms with Crippen molar-refractivity contribution in [2.75, 3.05) is 5.75 Å². The number of halogens is 2. The Morgan fingerprint density at radius 2 is 1.78 bits per heavy atom. The first-order chi connectivity index (χ1) is 8.40. The molecule has 1 heterocycles. The second-order valence-electron chi connectivity index (χ2n) is 4.63. The van der Waals surface area contributed by atoms with Gasteiger partial charge in [0, 0.05) is 12.1 Å². The lowest BCUT2D eigenvalue weighted by Gasteiger charge is -2.27. The van der Waals surface area contributed by atoms with Gasteiger partial charge in [-0.3, -0.25) is 0 Å². The molecule has 1 fully saturated rings. The molecule has 1 aliphatic heterocycles. The van der Waals surface area contributed by atoms with Crippen LogP contribution < -0.4 is 5.73 Å². The fraction of sp³-hybridized carbons (Fsp3) is 0.500. The Hall–Kier alpha value is -1.01. The summed E-state index contributed by atoms with van der Waals surface area (Å²) in [6.07, 6.45) is 1.85. The molecular formula is C12H15F2NO2S. The van der Waals surface area contributed by atoms with Gasteiger partial charge >= 0.3 is 0 Å². The molecule has 2 atom stereocenters. The highest BCUT2D eigenvalue weighted by atomic mass is 32.2. The summed E-state index contributed by atoms with van der Waals surface area (Å²) < 4.78 is 50.0. The summed E-state index contributed by atoms with van der Waals surface area (Å²) in [5, 5.41) is -0.743. The van der Waals surface area contributed by atoms with Crippen LogP contribution in [-0.2, 0) is 9.84 Å². The number of hydrogen-bond donors (Lipinski definition) is 1. The lowest BCUT2D eigenvalue weighted by atomic mass is 10.00. The summed E-state index contributed by atoms with van der Waals surface area (Å²) in [5.41, 5.74) is 6.07. The molecule has 6 heteroatoms. The lowest BCUT2D eigenvalue weighted by molar-refractivity contribution is 0.500. The van der Waals surface area contributed by atoms with E-state index < -0.39 is 32.8 Å². The van der Waals surface area contributed by atoms with Crippen LogP contribution in [-0.4, -0.2) is 19.4 Å². The fourth-order valence-electron chi connectivity index (χ4n) is 2.36. The molecule has 1 aromatic rings. The Kier molecular flexibility index (Phi) is 3.68. The van der Waals surface area contributed by atoms with Crippen LogP contribution in [0.15, 0.2) is 18.2 Å². The highest BCUT2D eigenvalue weighted by molar-refractivity contribution is 7.92. The maximum absolute atomic E-state index is 13.1. The maximum atomic E-state index is 13.1. The highest BCUT2D eigenvalue weighted by Gasteiger charge is 2.34. The fourth-order valence-corrected chi connectivity index (χ4v) is 4.40. The van der Waals surface area contributed by atoms with Gasteiger partial charge in [-0.15, -0.1) is 0 Å². The summed E-state index contributed by atoms with van der Waals surface area (Å²) in [5.74, 6) is -1.38. The zero-order chi connectivity index (χ0) is 13.3. The van der Waals surface area contributed by atoms with Crippen LogP contribution in [0.5, 0.6) is 0 Å². The van der Waals surface area contributed by atoms with E-state index in [2.05, 4.69) is 0 Å². The first-order valence-electron chi connectivity index (χ1n) is 5.83. The second-order valence-corrected chi connectivity index (χ2v) is 6.97. The molecule has 1 aliphatic rings. The highest BCUT2D eigenvalue weighted by Crippen LogP contribution is 2.29. The number of hydrogen-bond acceptors (Lipinski definition) is 3. The summed E-state index contributed by atoms with van der Waals surface area (Å²) in [6, 6.07) is 2.06. The first-order valence-corrected chi connectivity index (χ1v) is 7.55. The van der Waals surface area contributed by atoms with E-state index in [4.69, 9.17) is 5.73 Å². The van der Waals surface area contributed by atoms with Gasteiger partial charge < -0.3 is 5.73 Å². The van der Waals surface area contributed by atoms with Gasteiger partial charge in [0.05, 0.1) is 11.0 Å². The monoisotopic (exact) mass is 275 g/mol. The molecule has 2 unspecified atom stereocenters. The van der Waals surface area contributed by atoms with Crippen LogP contribution in [0.4, 0.5) is 8.78 Å². The van der Waals surface area contributed by atoms with Crippen molar-refractivity contribution in [2.24, 2.45) is 5.73 Å². The molecule has 0 aliphatic carbocycles. The molecule has 0 amide bonds. The number of benzene rings is 1. The normalized spacial score (nSPS) is 24.7. The van der Waals surface area contributed by atoms with Crippen molar-refractivity contribution in [1.82, 2.24) is 0 Å². The minimum atomic E-state index is -3.27. The topological polar surface area (TPSA) is 60.2 Å². The predicted molar refractivity (Wildman–Crippen MR) is 64.7 cm³/mol. The third kappa shape index (κ3) is 2.70. The van der Waals surface area contributed by atoms with Crippen molar-refractivity contribution < 1.29 is 17.2 Å². The van der Waals surface area contributed by atoms with Gasteiger partial charge in [-0.1, -0.05) is 6.42 Å². The third-order valence-electron chi connectivity index (χ3n) is 3.30. The van der Waals surface area contributed by atoms with E-state index in [1.807, 2.05) is 0 Å². The molecular weight excluding hydrogens is 260 g/mol. The molecule has 2 rings (SSSR count). The second kappa shape index (κ2) is 4.93. The summed E-state index contributed by atoms with van der Waals surface area (Å²) in [4.78, 5) is 0. The van der Waals surface area contributed by atoms with E-state index in [1.165, 1.54) is 0 Å². The predicted octanol–water partition coefficient (Wildman–Crippen LogP) is 1.93. The van der Waals surface area contributed by atoms with Crippen molar-refractivity contribution in [2.45, 2.75) is 30.6 Å². The smallest absolute Gasteiger partial charge is 0.155 e. The molecule has 0 bridgehead atoms. The van der Waals surface area contributed by atoms with E-state index in [0.717, 1.165) is 24.6 Å². The summed E-state index contributed by atoms with van der Waals surface area (Å²) in [6.45, 7) is 0. The average molecular weight is 275 g/mol. The van der Waals surface area contributed by atoms with Crippen molar-refractivity contribution in [3.05, 3.63) is 35.4 Å². The number of nitrogens with two attached hydrogens (primary N) is 1. The van der Waals surface area contributed by atoms with Crippen molar-refractivity contribution in [1.29, 1.82) is 0 Å². The minimum absolute atomic E-state index is 0.100. The van der Waals surface area contributed by atoms with Gasteiger partial charge in [0.1, 0.15) is 11.6 Å². The van der Waals surface area contributed by atoms with Crippen LogP contribution in [0.2, 0.25) is 0 Å². The molecule has 0 aromatic heterocycles.